The van der Waals surface area contributed by atoms with Crippen molar-refractivity contribution in [2.24, 2.45) is 0 Å². The molecule has 0 radical (unpaired) electrons. The van der Waals surface area contributed by atoms with Gasteiger partial charge in [0.05, 0.1) is 17.2 Å². The van der Waals surface area contributed by atoms with E-state index in [2.05, 4.69) is 5.32 Å². The second-order valence-corrected chi connectivity index (χ2v) is 7.43. The van der Waals surface area contributed by atoms with Gasteiger partial charge in [-0.05, 0) is 49.1 Å². The van der Waals surface area contributed by atoms with Gasteiger partial charge in [-0.3, -0.25) is 9.59 Å². The number of benzene rings is 2. The maximum Gasteiger partial charge on any atom is 0.256 e. The zero-order chi connectivity index (χ0) is 19.0. The molecule has 2 aromatic rings. The van der Waals surface area contributed by atoms with Gasteiger partial charge >= 0.3 is 0 Å². The Morgan fingerprint density at radius 2 is 2.11 bits per heavy atom. The molecule has 1 atom stereocenters. The summed E-state index contributed by atoms with van der Waals surface area (Å²) in [6.45, 7) is 3.70. The Morgan fingerprint density at radius 3 is 2.89 bits per heavy atom. The van der Waals surface area contributed by atoms with Gasteiger partial charge in [-0.15, -0.1) is 0 Å². The van der Waals surface area contributed by atoms with E-state index in [1.807, 2.05) is 19.1 Å². The molecule has 2 heterocycles. The van der Waals surface area contributed by atoms with Crippen molar-refractivity contribution in [1.82, 2.24) is 4.90 Å². The zero-order valence-electron chi connectivity index (χ0n) is 15.1. The monoisotopic (exact) mass is 384 g/mol. The van der Waals surface area contributed by atoms with Gasteiger partial charge in [-0.2, -0.15) is 0 Å². The molecular formula is C21H21ClN2O3. The van der Waals surface area contributed by atoms with Crippen molar-refractivity contribution < 1.29 is 14.3 Å². The Balaban J connectivity index is 1.57. The lowest BCUT2D eigenvalue weighted by atomic mass is 10.0. The maximum atomic E-state index is 13.0. The molecule has 140 valence electrons. The van der Waals surface area contributed by atoms with Crippen LogP contribution >= 0.6 is 11.6 Å². The predicted molar refractivity (Wildman–Crippen MR) is 104 cm³/mol. The molecule has 1 saturated heterocycles. The predicted octanol–water partition coefficient (Wildman–Crippen LogP) is 4.04. The number of nitrogens with one attached hydrogen (secondary N) is 1. The van der Waals surface area contributed by atoms with Gasteiger partial charge in [0.1, 0.15) is 0 Å². The SMILES string of the molecule is Cc1c(Cl)cccc1NC(=O)c1cccc2c1C(=O)N(CC1CCCO1)C2. The first-order valence-electron chi connectivity index (χ1n) is 9.14. The fraction of sp³-hybridized carbons (Fsp3) is 0.333. The molecule has 0 aromatic heterocycles. The molecule has 1 N–H and O–H groups in total. The summed E-state index contributed by atoms with van der Waals surface area (Å²) in [4.78, 5) is 27.6. The molecule has 2 aliphatic heterocycles. The van der Waals surface area contributed by atoms with E-state index in [4.69, 9.17) is 16.3 Å². The van der Waals surface area contributed by atoms with E-state index in [1.54, 1.807) is 29.2 Å². The average Bonchev–Trinajstić information content (AvgIpc) is 3.28. The highest BCUT2D eigenvalue weighted by Gasteiger charge is 2.33. The summed E-state index contributed by atoms with van der Waals surface area (Å²) in [6.07, 6.45) is 2.10. The molecule has 0 bridgehead atoms. The van der Waals surface area contributed by atoms with Crippen molar-refractivity contribution in [3.63, 3.8) is 0 Å². The van der Waals surface area contributed by atoms with Crippen LogP contribution in [-0.2, 0) is 11.3 Å². The number of halogens is 1. The van der Waals surface area contributed by atoms with E-state index in [9.17, 15) is 9.59 Å². The summed E-state index contributed by atoms with van der Waals surface area (Å²) >= 11 is 6.14. The molecule has 2 aliphatic rings. The summed E-state index contributed by atoms with van der Waals surface area (Å²) in [6, 6.07) is 10.8. The van der Waals surface area contributed by atoms with Crippen LogP contribution in [0.15, 0.2) is 36.4 Å². The maximum absolute atomic E-state index is 13.0. The molecule has 6 heteroatoms. The Morgan fingerprint density at radius 1 is 1.30 bits per heavy atom. The summed E-state index contributed by atoms with van der Waals surface area (Å²) in [5.41, 5.74) is 3.21. The van der Waals surface area contributed by atoms with Gasteiger partial charge in [0.15, 0.2) is 0 Å². The molecule has 4 rings (SSSR count). The van der Waals surface area contributed by atoms with Crippen LogP contribution in [0.2, 0.25) is 5.02 Å². The van der Waals surface area contributed by atoms with Crippen LogP contribution in [0.3, 0.4) is 0 Å². The molecule has 2 amide bonds. The minimum Gasteiger partial charge on any atom is -0.376 e. The van der Waals surface area contributed by atoms with Gasteiger partial charge in [-0.1, -0.05) is 29.8 Å². The van der Waals surface area contributed by atoms with Crippen molar-refractivity contribution >= 4 is 29.1 Å². The van der Waals surface area contributed by atoms with E-state index in [-0.39, 0.29) is 17.9 Å². The fourth-order valence-electron chi connectivity index (χ4n) is 3.72. The van der Waals surface area contributed by atoms with Crippen LogP contribution in [0.4, 0.5) is 5.69 Å². The standard InChI is InChI=1S/C21H21ClN2O3/c1-13-17(22)8-3-9-18(13)23-20(25)16-7-2-5-14-11-24(21(26)19(14)16)12-15-6-4-10-27-15/h2-3,5,7-9,15H,4,6,10-12H2,1H3,(H,23,25). The minimum atomic E-state index is -0.301. The van der Waals surface area contributed by atoms with E-state index >= 15 is 0 Å². The Bertz CT molecular complexity index is 906. The number of carbonyl (C=O) groups is 2. The number of hydrogen-bond acceptors (Lipinski definition) is 3. The fourth-order valence-corrected chi connectivity index (χ4v) is 3.90. The third-order valence-corrected chi connectivity index (χ3v) is 5.63. The third kappa shape index (κ3) is 3.45. The van der Waals surface area contributed by atoms with Crippen LogP contribution in [0.1, 0.15) is 44.7 Å². The van der Waals surface area contributed by atoms with Crippen LogP contribution in [0.25, 0.3) is 0 Å². The van der Waals surface area contributed by atoms with Gasteiger partial charge in [-0.25, -0.2) is 0 Å². The van der Waals surface area contributed by atoms with Gasteiger partial charge < -0.3 is 15.0 Å². The number of fused-ring (bicyclic) bond motifs is 1. The van der Waals surface area contributed by atoms with Gasteiger partial charge in [0, 0.05) is 30.4 Å². The largest absolute Gasteiger partial charge is 0.376 e. The highest BCUT2D eigenvalue weighted by Crippen LogP contribution is 2.29. The molecule has 1 fully saturated rings. The quantitative estimate of drug-likeness (QED) is 0.865. The topological polar surface area (TPSA) is 58.6 Å². The molecule has 0 saturated carbocycles. The Labute approximate surface area is 163 Å². The highest BCUT2D eigenvalue weighted by molar-refractivity contribution is 6.31. The smallest absolute Gasteiger partial charge is 0.256 e. The average molecular weight is 385 g/mol. The summed E-state index contributed by atoms with van der Waals surface area (Å²) in [5.74, 6) is -0.404. The first kappa shape index (κ1) is 18.0. The number of rotatable bonds is 4. The Kier molecular flexibility index (Phi) is 4.89. The zero-order valence-corrected chi connectivity index (χ0v) is 15.9. The van der Waals surface area contributed by atoms with Crippen LogP contribution < -0.4 is 5.32 Å². The number of amides is 2. The van der Waals surface area contributed by atoms with Crippen molar-refractivity contribution in [1.29, 1.82) is 0 Å². The first-order chi connectivity index (χ1) is 13.0. The summed E-state index contributed by atoms with van der Waals surface area (Å²) in [5, 5.41) is 3.47. The van der Waals surface area contributed by atoms with Crippen molar-refractivity contribution in [2.45, 2.75) is 32.4 Å². The van der Waals surface area contributed by atoms with Crippen molar-refractivity contribution in [3.05, 3.63) is 63.7 Å². The molecular weight excluding hydrogens is 364 g/mol. The van der Waals surface area contributed by atoms with E-state index < -0.39 is 0 Å². The lowest BCUT2D eigenvalue weighted by Gasteiger charge is -2.19. The molecule has 0 spiro atoms. The third-order valence-electron chi connectivity index (χ3n) is 5.22. The molecule has 5 nitrogen and oxygen atoms in total. The number of carbonyl (C=O) groups excluding carboxylic acids is 2. The van der Waals surface area contributed by atoms with Crippen LogP contribution in [-0.4, -0.2) is 36.0 Å². The molecule has 0 aliphatic carbocycles. The van der Waals surface area contributed by atoms with E-state index in [1.165, 1.54) is 0 Å². The number of nitrogens with zero attached hydrogens (tertiary/aromatic N) is 1. The van der Waals surface area contributed by atoms with Crippen LogP contribution in [0.5, 0.6) is 0 Å². The van der Waals surface area contributed by atoms with E-state index in [0.717, 1.165) is 30.6 Å². The molecule has 27 heavy (non-hydrogen) atoms. The summed E-state index contributed by atoms with van der Waals surface area (Å²) in [7, 11) is 0. The lowest BCUT2D eigenvalue weighted by Crippen LogP contribution is -2.32. The normalized spacial score (nSPS) is 18.7. The Hall–Kier alpha value is -2.37. The number of anilines is 1. The van der Waals surface area contributed by atoms with E-state index in [0.29, 0.717) is 34.9 Å². The number of ether oxygens (including phenoxy) is 1. The highest BCUT2D eigenvalue weighted by atomic mass is 35.5. The first-order valence-corrected chi connectivity index (χ1v) is 9.51. The second-order valence-electron chi connectivity index (χ2n) is 7.03. The van der Waals surface area contributed by atoms with Gasteiger partial charge in [0.25, 0.3) is 11.8 Å². The summed E-state index contributed by atoms with van der Waals surface area (Å²) < 4.78 is 5.66. The minimum absolute atomic E-state index is 0.0923. The van der Waals surface area contributed by atoms with Gasteiger partial charge in [0.2, 0.25) is 0 Å². The van der Waals surface area contributed by atoms with Crippen LogP contribution in [0, 0.1) is 6.92 Å². The second kappa shape index (κ2) is 7.33. The van der Waals surface area contributed by atoms with Crippen molar-refractivity contribution in [2.75, 3.05) is 18.5 Å². The molecule has 1 unspecified atom stereocenters. The molecule has 2 aromatic carbocycles. The van der Waals surface area contributed by atoms with Crippen molar-refractivity contribution in [3.8, 4) is 0 Å². The lowest BCUT2D eigenvalue weighted by molar-refractivity contribution is 0.0544. The number of hydrogen-bond donors (Lipinski definition) is 1.